The number of allylic oxidation sites excluding steroid dienone is 4. The van der Waals surface area contributed by atoms with Crippen LogP contribution in [-0.2, 0) is 27.9 Å². The molecule has 0 saturated carbocycles. The van der Waals surface area contributed by atoms with E-state index in [1.807, 2.05) is 0 Å². The molecule has 0 rings (SSSR count). The molecule has 9 heteroatoms. The summed E-state index contributed by atoms with van der Waals surface area (Å²) in [5, 5.41) is 0. The fraction of sp³-hybridized carbons (Fsp3) is 0.907. The fourth-order valence-electron chi connectivity index (χ4n) is 8.09. The number of nitrogens with two attached hydrogens (primary N) is 1. The van der Waals surface area contributed by atoms with E-state index < -0.39 is 13.9 Å². The lowest BCUT2D eigenvalue weighted by molar-refractivity contribution is -0.154. The first-order chi connectivity index (χ1) is 30.9. The molecule has 0 aliphatic carbocycles. The van der Waals surface area contributed by atoms with Gasteiger partial charge in [0.25, 0.3) is 0 Å². The third-order valence-electron chi connectivity index (χ3n) is 12.1. The first-order valence-electron chi connectivity index (χ1n) is 27.3. The maximum Gasteiger partial charge on any atom is 0.472 e. The highest BCUT2D eigenvalue weighted by Gasteiger charge is 2.25. The predicted octanol–water partition coefficient (Wildman–Crippen LogP) is 17.2. The van der Waals surface area contributed by atoms with Crippen LogP contribution in [0.2, 0.25) is 0 Å². The molecule has 0 bridgehead atoms. The van der Waals surface area contributed by atoms with Gasteiger partial charge in [0.15, 0.2) is 0 Å². The second kappa shape index (κ2) is 52.0. The average Bonchev–Trinajstić information content (AvgIpc) is 3.28. The van der Waals surface area contributed by atoms with E-state index >= 15 is 0 Å². The monoisotopic (exact) mass is 912 g/mol. The van der Waals surface area contributed by atoms with E-state index in [1.165, 1.54) is 212 Å². The van der Waals surface area contributed by atoms with Gasteiger partial charge in [-0.15, -0.1) is 0 Å². The van der Waals surface area contributed by atoms with Crippen molar-refractivity contribution in [3.8, 4) is 0 Å². The smallest absolute Gasteiger partial charge is 0.457 e. The van der Waals surface area contributed by atoms with Crippen molar-refractivity contribution >= 4 is 13.8 Å². The molecule has 374 valence electrons. The van der Waals surface area contributed by atoms with Gasteiger partial charge in [0, 0.05) is 19.6 Å². The number of ether oxygens (including phenoxy) is 2. The quantitative estimate of drug-likeness (QED) is 0.0268. The van der Waals surface area contributed by atoms with Crippen molar-refractivity contribution in [2.45, 2.75) is 283 Å². The van der Waals surface area contributed by atoms with Gasteiger partial charge in [-0.2, -0.15) is 0 Å². The summed E-state index contributed by atoms with van der Waals surface area (Å²) in [6.45, 7) is 4.96. The number of unbranched alkanes of at least 4 members (excludes halogenated alkanes) is 36. The number of hydrogen-bond acceptors (Lipinski definition) is 7. The third kappa shape index (κ3) is 51.8. The highest BCUT2D eigenvalue weighted by Crippen LogP contribution is 2.43. The Morgan fingerprint density at radius 3 is 1.25 bits per heavy atom. The largest absolute Gasteiger partial charge is 0.472 e. The van der Waals surface area contributed by atoms with Gasteiger partial charge in [-0.05, 0) is 44.9 Å². The Labute approximate surface area is 391 Å². The molecular formula is C54H106NO7P. The van der Waals surface area contributed by atoms with E-state index in [4.69, 9.17) is 24.3 Å². The van der Waals surface area contributed by atoms with Crippen LogP contribution in [0.25, 0.3) is 0 Å². The summed E-state index contributed by atoms with van der Waals surface area (Å²) in [6.07, 6.45) is 60.8. The molecule has 0 aromatic carbocycles. The van der Waals surface area contributed by atoms with Gasteiger partial charge in [0.2, 0.25) is 0 Å². The number of hydrogen-bond donors (Lipinski definition) is 2. The maximum atomic E-state index is 12.7. The summed E-state index contributed by atoms with van der Waals surface area (Å²) in [5.74, 6) is -0.332. The van der Waals surface area contributed by atoms with E-state index in [0.717, 1.165) is 44.9 Å². The topological polar surface area (TPSA) is 117 Å². The molecule has 2 unspecified atom stereocenters. The Balaban J connectivity index is 3.85. The fourth-order valence-corrected chi connectivity index (χ4v) is 8.85. The molecule has 0 aliphatic heterocycles. The van der Waals surface area contributed by atoms with Crippen LogP contribution < -0.4 is 5.73 Å². The molecule has 0 radical (unpaired) electrons. The number of carbonyl (C=O) groups is 1. The summed E-state index contributed by atoms with van der Waals surface area (Å²) in [4.78, 5) is 22.6. The zero-order valence-electron chi connectivity index (χ0n) is 41.8. The van der Waals surface area contributed by atoms with Gasteiger partial charge in [0.1, 0.15) is 6.10 Å². The van der Waals surface area contributed by atoms with Crippen LogP contribution in [-0.4, -0.2) is 49.9 Å². The molecule has 8 nitrogen and oxygen atoms in total. The van der Waals surface area contributed by atoms with Crippen molar-refractivity contribution < 1.29 is 32.8 Å². The number of rotatable bonds is 53. The predicted molar refractivity (Wildman–Crippen MR) is 270 cm³/mol. The lowest BCUT2D eigenvalue weighted by atomic mass is 10.0. The minimum Gasteiger partial charge on any atom is -0.457 e. The van der Waals surface area contributed by atoms with E-state index in [-0.39, 0.29) is 32.3 Å². The lowest BCUT2D eigenvalue weighted by Gasteiger charge is -2.20. The Hall–Kier alpha value is -1.02. The second-order valence-corrected chi connectivity index (χ2v) is 19.9. The van der Waals surface area contributed by atoms with Crippen LogP contribution in [0.5, 0.6) is 0 Å². The molecule has 0 saturated heterocycles. The lowest BCUT2D eigenvalue weighted by Crippen LogP contribution is -2.28. The van der Waals surface area contributed by atoms with E-state index in [0.29, 0.717) is 13.0 Å². The molecule has 0 heterocycles. The van der Waals surface area contributed by atoms with Crippen LogP contribution in [0.1, 0.15) is 277 Å². The molecule has 0 fully saturated rings. The molecule has 2 atom stereocenters. The Kier molecular flexibility index (Phi) is 51.1. The van der Waals surface area contributed by atoms with Crippen LogP contribution in [0.4, 0.5) is 0 Å². The van der Waals surface area contributed by atoms with E-state index in [2.05, 4.69) is 38.2 Å². The van der Waals surface area contributed by atoms with Crippen molar-refractivity contribution in [2.75, 3.05) is 33.0 Å². The van der Waals surface area contributed by atoms with Gasteiger partial charge >= 0.3 is 13.8 Å². The number of phosphoric ester groups is 1. The van der Waals surface area contributed by atoms with Gasteiger partial charge in [-0.3, -0.25) is 13.8 Å². The third-order valence-corrected chi connectivity index (χ3v) is 13.1. The summed E-state index contributed by atoms with van der Waals surface area (Å²) in [5.41, 5.74) is 5.39. The van der Waals surface area contributed by atoms with Crippen LogP contribution in [0.3, 0.4) is 0 Å². The van der Waals surface area contributed by atoms with Crippen LogP contribution in [0.15, 0.2) is 24.3 Å². The zero-order valence-corrected chi connectivity index (χ0v) is 42.7. The minimum absolute atomic E-state index is 0.0947. The SMILES string of the molecule is CCCCCC/C=C\C/C=C\CCCCCCCCCC(=O)OC(COCCCCCCCCCCCCCCCCCCCCCCCCCCCC)COP(=O)(O)OCCN. The van der Waals surface area contributed by atoms with Crippen molar-refractivity contribution in [3.63, 3.8) is 0 Å². The zero-order chi connectivity index (χ0) is 45.8. The molecule has 0 aromatic heterocycles. The van der Waals surface area contributed by atoms with Gasteiger partial charge in [0.05, 0.1) is 19.8 Å². The Morgan fingerprint density at radius 1 is 0.476 bits per heavy atom. The standard InChI is InChI=1S/C54H106NO7P/c1-3-5-7-9-11-13-15-17-19-21-23-24-25-26-27-28-29-30-32-34-36-38-40-42-44-46-49-59-51-53(52-61-63(57,58)60-50-48-55)62-54(56)47-45-43-41-39-37-35-33-31-22-20-18-16-14-12-10-8-6-4-2/h14,16,20,22,53H,3-13,15,17-19,21,23-52,55H2,1-2H3,(H,57,58)/b16-14-,22-20-. The van der Waals surface area contributed by atoms with Crippen LogP contribution in [0, 0.1) is 0 Å². The molecular weight excluding hydrogens is 806 g/mol. The van der Waals surface area contributed by atoms with Gasteiger partial charge < -0.3 is 20.1 Å². The molecule has 3 N–H and O–H groups in total. The van der Waals surface area contributed by atoms with Crippen molar-refractivity contribution in [1.82, 2.24) is 0 Å². The maximum absolute atomic E-state index is 12.7. The average molecular weight is 912 g/mol. The highest BCUT2D eigenvalue weighted by atomic mass is 31.2. The summed E-state index contributed by atoms with van der Waals surface area (Å²) in [6, 6.07) is 0. The number of carbonyl (C=O) groups excluding carboxylic acids is 1. The molecule has 0 spiro atoms. The van der Waals surface area contributed by atoms with E-state index in [9.17, 15) is 14.3 Å². The number of esters is 1. The van der Waals surface area contributed by atoms with Crippen molar-refractivity contribution in [2.24, 2.45) is 5.73 Å². The molecule has 63 heavy (non-hydrogen) atoms. The number of phosphoric acid groups is 1. The Morgan fingerprint density at radius 2 is 0.841 bits per heavy atom. The van der Waals surface area contributed by atoms with Crippen LogP contribution >= 0.6 is 7.82 Å². The molecule has 0 aromatic rings. The van der Waals surface area contributed by atoms with Crippen molar-refractivity contribution in [3.05, 3.63) is 24.3 Å². The normalized spacial score (nSPS) is 13.4. The highest BCUT2D eigenvalue weighted by molar-refractivity contribution is 7.47. The first-order valence-corrected chi connectivity index (χ1v) is 28.8. The summed E-state index contributed by atoms with van der Waals surface area (Å²) < 4.78 is 33.6. The van der Waals surface area contributed by atoms with Gasteiger partial charge in [-0.1, -0.05) is 250 Å². The second-order valence-electron chi connectivity index (χ2n) is 18.5. The van der Waals surface area contributed by atoms with Gasteiger partial charge in [-0.25, -0.2) is 4.57 Å². The minimum atomic E-state index is -4.28. The van der Waals surface area contributed by atoms with Crippen molar-refractivity contribution in [1.29, 1.82) is 0 Å². The summed E-state index contributed by atoms with van der Waals surface area (Å²) >= 11 is 0. The first kappa shape index (κ1) is 62.0. The van der Waals surface area contributed by atoms with E-state index in [1.54, 1.807) is 0 Å². The molecule has 0 amide bonds. The Bertz CT molecular complexity index is 1020. The summed E-state index contributed by atoms with van der Waals surface area (Å²) in [7, 11) is -4.28. The molecule has 0 aliphatic rings.